The first-order valence-electron chi connectivity index (χ1n) is 9.58. The van der Waals surface area contributed by atoms with Crippen LogP contribution < -0.4 is 0 Å². The highest BCUT2D eigenvalue weighted by Crippen LogP contribution is 2.43. The molecule has 1 saturated carbocycles. The van der Waals surface area contributed by atoms with Gasteiger partial charge in [-0.15, -0.1) is 0 Å². The Labute approximate surface area is 152 Å². The van der Waals surface area contributed by atoms with Gasteiger partial charge in [0.25, 0.3) is 5.91 Å². The molecule has 3 aliphatic heterocycles. The molecular formula is C19H25N3O4. The number of rotatable bonds is 3. The molecule has 2 atom stereocenters. The van der Waals surface area contributed by atoms with Gasteiger partial charge >= 0.3 is 0 Å². The number of carbonyl (C=O) groups excluding carboxylic acids is 2. The highest BCUT2D eigenvalue weighted by Gasteiger charge is 2.65. The fourth-order valence-corrected chi connectivity index (χ4v) is 5.00. The van der Waals surface area contributed by atoms with Crippen LogP contribution in [0.25, 0.3) is 0 Å². The second kappa shape index (κ2) is 5.65. The van der Waals surface area contributed by atoms with Gasteiger partial charge in [-0.3, -0.25) is 24.3 Å². The SMILES string of the molecule is Cc1ccc(CN2C(=O)[C@@H]3C[C@@H](O)CN3C3(CN(C4CCC4)C3)C2=O)o1. The molecule has 3 saturated heterocycles. The van der Waals surface area contributed by atoms with Crippen LogP contribution >= 0.6 is 0 Å². The van der Waals surface area contributed by atoms with Crippen molar-refractivity contribution in [2.24, 2.45) is 0 Å². The van der Waals surface area contributed by atoms with Crippen LogP contribution in [0.3, 0.4) is 0 Å². The van der Waals surface area contributed by atoms with E-state index >= 15 is 0 Å². The van der Waals surface area contributed by atoms with Crippen molar-refractivity contribution in [1.82, 2.24) is 14.7 Å². The number of piperazine rings is 1. The second-order valence-electron chi connectivity index (χ2n) is 8.32. The Kier molecular flexibility index (Phi) is 3.58. The summed E-state index contributed by atoms with van der Waals surface area (Å²) < 4.78 is 5.60. The molecule has 1 aromatic heterocycles. The molecule has 7 nitrogen and oxygen atoms in total. The van der Waals surface area contributed by atoms with E-state index in [2.05, 4.69) is 4.90 Å². The van der Waals surface area contributed by atoms with Crippen molar-refractivity contribution in [1.29, 1.82) is 0 Å². The maximum absolute atomic E-state index is 13.4. The zero-order valence-corrected chi connectivity index (χ0v) is 15.1. The van der Waals surface area contributed by atoms with Crippen molar-refractivity contribution in [3.63, 3.8) is 0 Å². The van der Waals surface area contributed by atoms with Crippen LogP contribution in [0.1, 0.15) is 37.2 Å². The summed E-state index contributed by atoms with van der Waals surface area (Å²) in [5.74, 6) is 1.07. The van der Waals surface area contributed by atoms with Crippen molar-refractivity contribution < 1.29 is 19.1 Å². The number of imide groups is 1. The quantitative estimate of drug-likeness (QED) is 0.792. The highest BCUT2D eigenvalue weighted by atomic mass is 16.3. The minimum atomic E-state index is -0.659. The number of furan rings is 1. The van der Waals surface area contributed by atoms with E-state index in [1.165, 1.54) is 24.2 Å². The Morgan fingerprint density at radius 1 is 1.27 bits per heavy atom. The lowest BCUT2D eigenvalue weighted by molar-refractivity contribution is -0.185. The van der Waals surface area contributed by atoms with E-state index in [0.29, 0.717) is 37.9 Å². The summed E-state index contributed by atoms with van der Waals surface area (Å²) in [7, 11) is 0. The topological polar surface area (TPSA) is 77.2 Å². The molecule has 1 aliphatic carbocycles. The monoisotopic (exact) mass is 359 g/mol. The van der Waals surface area contributed by atoms with E-state index in [0.717, 1.165) is 5.76 Å². The summed E-state index contributed by atoms with van der Waals surface area (Å²) in [5, 5.41) is 10.2. The van der Waals surface area contributed by atoms with Crippen LogP contribution in [0, 0.1) is 6.92 Å². The Morgan fingerprint density at radius 3 is 2.65 bits per heavy atom. The summed E-state index contributed by atoms with van der Waals surface area (Å²) in [5.41, 5.74) is -0.659. The fraction of sp³-hybridized carbons (Fsp3) is 0.684. The molecule has 4 heterocycles. The third-order valence-electron chi connectivity index (χ3n) is 6.65. The summed E-state index contributed by atoms with van der Waals surface area (Å²) >= 11 is 0. The van der Waals surface area contributed by atoms with Gasteiger partial charge in [0.05, 0.1) is 18.7 Å². The van der Waals surface area contributed by atoms with E-state index in [1.807, 2.05) is 24.0 Å². The molecule has 1 spiro atoms. The number of hydrogen-bond donors (Lipinski definition) is 1. The van der Waals surface area contributed by atoms with Gasteiger partial charge in [0.2, 0.25) is 5.91 Å². The molecule has 1 N–H and O–H groups in total. The van der Waals surface area contributed by atoms with E-state index in [4.69, 9.17) is 4.42 Å². The van der Waals surface area contributed by atoms with Crippen LogP contribution in [0.2, 0.25) is 0 Å². The molecule has 5 rings (SSSR count). The summed E-state index contributed by atoms with van der Waals surface area (Å²) in [4.78, 5) is 32.1. The number of aliphatic hydroxyl groups excluding tert-OH is 1. The molecule has 0 radical (unpaired) electrons. The maximum Gasteiger partial charge on any atom is 0.252 e. The molecule has 1 aromatic rings. The molecule has 7 heteroatoms. The number of carbonyl (C=O) groups is 2. The van der Waals surface area contributed by atoms with Crippen LogP contribution in [-0.4, -0.2) is 75.0 Å². The molecule has 140 valence electrons. The van der Waals surface area contributed by atoms with Crippen molar-refractivity contribution in [2.45, 2.75) is 62.9 Å². The van der Waals surface area contributed by atoms with Crippen LogP contribution in [0.15, 0.2) is 16.5 Å². The Morgan fingerprint density at radius 2 is 2.04 bits per heavy atom. The minimum Gasteiger partial charge on any atom is -0.464 e. The minimum absolute atomic E-state index is 0.127. The third kappa shape index (κ3) is 2.23. The van der Waals surface area contributed by atoms with Gasteiger partial charge in [-0.25, -0.2) is 0 Å². The Balaban J connectivity index is 1.43. The van der Waals surface area contributed by atoms with Crippen LogP contribution in [0.4, 0.5) is 0 Å². The number of aliphatic hydroxyl groups is 1. The number of hydrogen-bond acceptors (Lipinski definition) is 6. The van der Waals surface area contributed by atoms with Gasteiger partial charge in [-0.2, -0.15) is 0 Å². The van der Waals surface area contributed by atoms with E-state index in [9.17, 15) is 14.7 Å². The lowest BCUT2D eigenvalue weighted by atomic mass is 9.78. The molecule has 2 amide bonds. The third-order valence-corrected chi connectivity index (χ3v) is 6.65. The van der Waals surface area contributed by atoms with E-state index in [-0.39, 0.29) is 18.4 Å². The number of fused-ring (bicyclic) bond motifs is 2. The standard InChI is InChI=1S/C19H25N3O4/c1-12-5-6-15(26-12)9-21-17(24)16-7-14(23)8-22(16)19(18(21)25)10-20(11-19)13-3-2-4-13/h5-6,13-14,16,23H,2-4,7-11H2,1H3/t14-,16+/m1/s1. The predicted molar refractivity (Wildman–Crippen MR) is 92.1 cm³/mol. The summed E-state index contributed by atoms with van der Waals surface area (Å²) in [6, 6.07) is 3.84. The fourth-order valence-electron chi connectivity index (χ4n) is 5.00. The van der Waals surface area contributed by atoms with Crippen LogP contribution in [-0.2, 0) is 16.1 Å². The smallest absolute Gasteiger partial charge is 0.252 e. The van der Waals surface area contributed by atoms with E-state index < -0.39 is 17.7 Å². The van der Waals surface area contributed by atoms with E-state index in [1.54, 1.807) is 0 Å². The molecular weight excluding hydrogens is 334 g/mol. The Bertz CT molecular complexity index is 750. The van der Waals surface area contributed by atoms with Crippen molar-refractivity contribution >= 4 is 11.8 Å². The molecule has 4 aliphatic rings. The maximum atomic E-state index is 13.4. The first-order chi connectivity index (χ1) is 12.5. The molecule has 0 bridgehead atoms. The molecule has 0 aromatic carbocycles. The normalized spacial score (nSPS) is 32.0. The van der Waals surface area contributed by atoms with Gasteiger partial charge in [-0.05, 0) is 38.3 Å². The van der Waals surface area contributed by atoms with Gasteiger partial charge in [0.1, 0.15) is 17.1 Å². The lowest BCUT2D eigenvalue weighted by Gasteiger charge is -2.61. The van der Waals surface area contributed by atoms with Crippen molar-refractivity contribution in [2.75, 3.05) is 19.6 Å². The van der Waals surface area contributed by atoms with Gasteiger partial charge in [0, 0.05) is 25.7 Å². The molecule has 26 heavy (non-hydrogen) atoms. The average Bonchev–Trinajstić information content (AvgIpc) is 3.10. The number of likely N-dealkylation sites (tertiary alicyclic amines) is 1. The van der Waals surface area contributed by atoms with Crippen molar-refractivity contribution in [3.05, 3.63) is 23.7 Å². The first kappa shape index (κ1) is 16.5. The van der Waals surface area contributed by atoms with Gasteiger partial charge in [-0.1, -0.05) is 6.42 Å². The van der Waals surface area contributed by atoms with Gasteiger partial charge in [0.15, 0.2) is 0 Å². The first-order valence-corrected chi connectivity index (χ1v) is 9.58. The van der Waals surface area contributed by atoms with Crippen LogP contribution in [0.5, 0.6) is 0 Å². The number of β-amino-alcohol motifs (C(OH)–C–C–N with tert-alkyl or cyclic N) is 1. The second-order valence-corrected chi connectivity index (χ2v) is 8.32. The zero-order chi connectivity index (χ0) is 18.1. The zero-order valence-electron chi connectivity index (χ0n) is 15.1. The van der Waals surface area contributed by atoms with Gasteiger partial charge < -0.3 is 9.52 Å². The molecule has 0 unspecified atom stereocenters. The number of nitrogens with zero attached hydrogens (tertiary/aromatic N) is 3. The molecule has 4 fully saturated rings. The Hall–Kier alpha value is -1.70. The largest absolute Gasteiger partial charge is 0.464 e. The highest BCUT2D eigenvalue weighted by molar-refractivity contribution is 6.06. The lowest BCUT2D eigenvalue weighted by Crippen LogP contribution is -2.82. The number of amides is 2. The summed E-state index contributed by atoms with van der Waals surface area (Å²) in [6.07, 6.45) is 3.52. The van der Waals surface area contributed by atoms with Crippen molar-refractivity contribution in [3.8, 4) is 0 Å². The summed E-state index contributed by atoms with van der Waals surface area (Å²) in [6.45, 7) is 3.77. The predicted octanol–water partition coefficient (Wildman–Crippen LogP) is 0.499. The average molecular weight is 359 g/mol. The number of aryl methyl sites for hydroxylation is 1.